The zero-order valence-electron chi connectivity index (χ0n) is 9.87. The second-order valence-electron chi connectivity index (χ2n) is 4.43. The molecule has 0 radical (unpaired) electrons. The Morgan fingerprint density at radius 3 is 2.47 bits per heavy atom. The lowest BCUT2D eigenvalue weighted by Crippen LogP contribution is -2.38. The Hall–Kier alpha value is -0.180. The average molecular weight is 285 g/mol. The summed E-state index contributed by atoms with van der Waals surface area (Å²) < 4.78 is 47.3. The molecule has 1 N–H and O–H groups in total. The monoisotopic (exact) mass is 285 g/mol. The van der Waals surface area contributed by atoms with E-state index in [1.165, 1.54) is 4.31 Å². The lowest BCUT2D eigenvalue weighted by atomic mass is 10.1. The maximum Gasteiger partial charge on any atom is 0.228 e. The summed E-state index contributed by atoms with van der Waals surface area (Å²) in [5, 5.41) is 7.91. The van der Waals surface area contributed by atoms with Crippen LogP contribution in [-0.2, 0) is 19.9 Å². The summed E-state index contributed by atoms with van der Waals surface area (Å²) in [7, 11) is -7.28. The minimum absolute atomic E-state index is 0.0243. The Bertz CT molecular complexity index is 442. The third-order valence-corrected chi connectivity index (χ3v) is 6.84. The van der Waals surface area contributed by atoms with Gasteiger partial charge in [0, 0.05) is 25.4 Å². The topological polar surface area (TPSA) is 91.8 Å². The summed E-state index contributed by atoms with van der Waals surface area (Å²) >= 11 is 0. The van der Waals surface area contributed by atoms with Crippen molar-refractivity contribution in [2.24, 2.45) is 0 Å². The highest BCUT2D eigenvalue weighted by Crippen LogP contribution is 2.25. The highest BCUT2D eigenvalue weighted by atomic mass is 32.3. The van der Waals surface area contributed by atoms with Crippen molar-refractivity contribution in [3.63, 3.8) is 0 Å². The number of nitrogens with zero attached hydrogens (tertiary/aromatic N) is 1. The van der Waals surface area contributed by atoms with Gasteiger partial charge in [-0.3, -0.25) is 0 Å². The fourth-order valence-electron chi connectivity index (χ4n) is 2.13. The molecule has 0 amide bonds. The van der Waals surface area contributed by atoms with Crippen LogP contribution in [0.1, 0.15) is 25.7 Å². The first kappa shape index (κ1) is 14.9. The van der Waals surface area contributed by atoms with Crippen LogP contribution in [0, 0.1) is 0 Å². The number of sulfonamides is 1. The second-order valence-corrected chi connectivity index (χ2v) is 8.86. The summed E-state index contributed by atoms with van der Waals surface area (Å²) in [5.41, 5.74) is 0. The molecule has 0 bridgehead atoms. The zero-order chi connectivity index (χ0) is 13.1. The van der Waals surface area contributed by atoms with Crippen LogP contribution in [-0.4, -0.2) is 56.8 Å². The predicted molar refractivity (Wildman–Crippen MR) is 64.7 cm³/mol. The summed E-state index contributed by atoms with van der Waals surface area (Å²) in [6.45, 7) is 0.407. The van der Waals surface area contributed by atoms with Crippen molar-refractivity contribution in [1.82, 2.24) is 4.31 Å². The van der Waals surface area contributed by atoms with E-state index in [-0.39, 0.29) is 12.6 Å². The molecule has 6 nitrogen and oxygen atoms in total. The number of hydrogen-bond donors (Lipinski definition) is 1. The Balaban J connectivity index is 2.76. The molecular weight excluding hydrogens is 266 g/mol. The van der Waals surface area contributed by atoms with Crippen molar-refractivity contribution in [3.05, 3.63) is 0 Å². The quantitative estimate of drug-likeness (QED) is 0.714. The van der Waals surface area contributed by atoms with Gasteiger partial charge in [0.05, 0.1) is 0 Å². The highest BCUT2D eigenvalue weighted by molar-refractivity contribution is 8.06. The molecule has 0 saturated carbocycles. The number of aliphatic hydroxyl groups is 1. The zero-order valence-corrected chi connectivity index (χ0v) is 11.5. The third kappa shape index (κ3) is 4.53. The molecule has 1 atom stereocenters. The number of hydrogen-bond acceptors (Lipinski definition) is 5. The van der Waals surface area contributed by atoms with Gasteiger partial charge >= 0.3 is 0 Å². The Kier molecular flexibility index (Phi) is 4.94. The normalized spacial score (nSPS) is 23.1. The Morgan fingerprint density at radius 2 is 1.94 bits per heavy atom. The van der Waals surface area contributed by atoms with Crippen LogP contribution in [0.15, 0.2) is 0 Å². The van der Waals surface area contributed by atoms with Crippen molar-refractivity contribution in [2.45, 2.75) is 31.7 Å². The fourth-order valence-corrected chi connectivity index (χ4v) is 5.91. The molecule has 1 aliphatic rings. The SMILES string of the molecule is CS(=O)(=O)CS(=O)(=O)N1CCCC1CCCO. The summed E-state index contributed by atoms with van der Waals surface area (Å²) in [5.74, 6) is 0. The van der Waals surface area contributed by atoms with E-state index < -0.39 is 24.9 Å². The van der Waals surface area contributed by atoms with Crippen LogP contribution in [0.4, 0.5) is 0 Å². The summed E-state index contributed by atoms with van der Waals surface area (Å²) in [4.78, 5) is 0. The fraction of sp³-hybridized carbons (Fsp3) is 1.00. The van der Waals surface area contributed by atoms with E-state index in [2.05, 4.69) is 0 Å². The van der Waals surface area contributed by atoms with E-state index in [0.29, 0.717) is 19.4 Å². The van der Waals surface area contributed by atoms with Gasteiger partial charge < -0.3 is 5.11 Å². The van der Waals surface area contributed by atoms with Crippen molar-refractivity contribution in [1.29, 1.82) is 0 Å². The lowest BCUT2D eigenvalue weighted by molar-refractivity contribution is 0.264. The van der Waals surface area contributed by atoms with E-state index >= 15 is 0 Å². The van der Waals surface area contributed by atoms with Crippen LogP contribution in [0.3, 0.4) is 0 Å². The molecule has 17 heavy (non-hydrogen) atoms. The first-order chi connectivity index (χ1) is 7.76. The van der Waals surface area contributed by atoms with Crippen LogP contribution in [0.25, 0.3) is 0 Å². The second kappa shape index (κ2) is 5.64. The van der Waals surface area contributed by atoms with Gasteiger partial charge in [-0.25, -0.2) is 16.8 Å². The third-order valence-electron chi connectivity index (χ3n) is 2.74. The molecule has 1 fully saturated rings. The number of aliphatic hydroxyl groups excluding tert-OH is 1. The van der Waals surface area contributed by atoms with Gasteiger partial charge in [-0.2, -0.15) is 4.31 Å². The molecule has 1 unspecified atom stereocenters. The Morgan fingerprint density at radius 1 is 1.29 bits per heavy atom. The van der Waals surface area contributed by atoms with Gasteiger partial charge in [-0.05, 0) is 25.7 Å². The van der Waals surface area contributed by atoms with Gasteiger partial charge in [0.2, 0.25) is 10.0 Å². The first-order valence-corrected chi connectivity index (χ1v) is 9.21. The van der Waals surface area contributed by atoms with Crippen molar-refractivity contribution in [2.75, 3.05) is 24.5 Å². The van der Waals surface area contributed by atoms with Crippen LogP contribution in [0.5, 0.6) is 0 Å². The summed E-state index contributed by atoms with van der Waals surface area (Å²) in [6, 6.07) is -0.158. The van der Waals surface area contributed by atoms with Crippen LogP contribution >= 0.6 is 0 Å². The number of rotatable bonds is 6. The van der Waals surface area contributed by atoms with E-state index in [0.717, 1.165) is 19.1 Å². The van der Waals surface area contributed by atoms with E-state index in [1.807, 2.05) is 0 Å². The highest BCUT2D eigenvalue weighted by Gasteiger charge is 2.35. The minimum Gasteiger partial charge on any atom is -0.396 e. The van der Waals surface area contributed by atoms with Gasteiger partial charge in [0.25, 0.3) is 0 Å². The van der Waals surface area contributed by atoms with Gasteiger partial charge in [-0.15, -0.1) is 0 Å². The van der Waals surface area contributed by atoms with E-state index in [1.54, 1.807) is 0 Å². The van der Waals surface area contributed by atoms with Crippen molar-refractivity contribution < 1.29 is 21.9 Å². The molecule has 1 rings (SSSR count). The molecule has 102 valence electrons. The van der Waals surface area contributed by atoms with Gasteiger partial charge in [0.1, 0.15) is 0 Å². The largest absolute Gasteiger partial charge is 0.396 e. The van der Waals surface area contributed by atoms with Gasteiger partial charge in [-0.1, -0.05) is 0 Å². The predicted octanol–water partition coefficient (Wildman–Crippen LogP) is -0.445. The molecule has 1 heterocycles. The maximum absolute atomic E-state index is 11.9. The molecule has 8 heteroatoms. The molecule has 1 saturated heterocycles. The van der Waals surface area contributed by atoms with Crippen LogP contribution < -0.4 is 0 Å². The Labute approximate surface area is 103 Å². The maximum atomic E-state index is 11.9. The van der Waals surface area contributed by atoms with Crippen molar-refractivity contribution in [3.8, 4) is 0 Å². The lowest BCUT2D eigenvalue weighted by Gasteiger charge is -2.23. The standard InChI is InChI=1S/C9H19NO5S2/c1-16(12,13)8-17(14,15)10-6-2-4-9(10)5-3-7-11/h9,11H,2-8H2,1H3. The molecular formula is C9H19NO5S2. The number of sulfone groups is 1. The minimum atomic E-state index is -3.73. The molecule has 0 aliphatic carbocycles. The molecule has 0 aromatic rings. The van der Waals surface area contributed by atoms with Gasteiger partial charge in [0.15, 0.2) is 14.9 Å². The first-order valence-electron chi connectivity index (χ1n) is 5.54. The molecule has 0 aromatic heterocycles. The van der Waals surface area contributed by atoms with Crippen LogP contribution in [0.2, 0.25) is 0 Å². The molecule has 0 aromatic carbocycles. The average Bonchev–Trinajstić information content (AvgIpc) is 2.59. The van der Waals surface area contributed by atoms with E-state index in [9.17, 15) is 16.8 Å². The summed E-state index contributed by atoms with van der Waals surface area (Å²) in [6.07, 6.45) is 3.53. The van der Waals surface area contributed by atoms with Crippen molar-refractivity contribution >= 4 is 19.9 Å². The van der Waals surface area contributed by atoms with E-state index in [4.69, 9.17) is 5.11 Å². The molecule has 0 spiro atoms. The smallest absolute Gasteiger partial charge is 0.228 e. The molecule has 1 aliphatic heterocycles.